The van der Waals surface area contributed by atoms with Crippen molar-refractivity contribution < 1.29 is 14.7 Å². The molecule has 2 N–H and O–H groups in total. The van der Waals surface area contributed by atoms with Crippen molar-refractivity contribution in [1.29, 1.82) is 0 Å². The van der Waals surface area contributed by atoms with Gasteiger partial charge in [0.05, 0.1) is 0 Å². The number of carbonyl (C=O) groups excluding carboxylic acids is 1. The van der Waals surface area contributed by atoms with Gasteiger partial charge in [-0.05, 0) is 38.2 Å². The zero-order valence-corrected chi connectivity index (χ0v) is 8.90. The van der Waals surface area contributed by atoms with Gasteiger partial charge in [-0.3, -0.25) is 9.59 Å². The fraction of sp³-hybridized carbons (Fsp3) is 0.636. The lowest BCUT2D eigenvalue weighted by Crippen LogP contribution is -2.31. The first-order valence-corrected chi connectivity index (χ1v) is 5.28. The van der Waals surface area contributed by atoms with Crippen molar-refractivity contribution in [2.45, 2.75) is 38.6 Å². The topological polar surface area (TPSA) is 66.4 Å². The molecule has 1 unspecified atom stereocenters. The molecule has 1 amide bonds. The highest BCUT2D eigenvalue weighted by Gasteiger charge is 2.17. The van der Waals surface area contributed by atoms with Gasteiger partial charge in [-0.25, -0.2) is 0 Å². The third kappa shape index (κ3) is 5.88. The van der Waals surface area contributed by atoms with Gasteiger partial charge in [0, 0.05) is 12.5 Å². The van der Waals surface area contributed by atoms with E-state index in [2.05, 4.69) is 5.32 Å². The van der Waals surface area contributed by atoms with Gasteiger partial charge in [0.2, 0.25) is 5.91 Å². The van der Waals surface area contributed by atoms with Crippen LogP contribution in [0.4, 0.5) is 0 Å². The molecule has 4 nitrogen and oxygen atoms in total. The summed E-state index contributed by atoms with van der Waals surface area (Å²) in [6, 6.07) is -0.0857. The van der Waals surface area contributed by atoms with Crippen LogP contribution >= 0.6 is 0 Å². The van der Waals surface area contributed by atoms with E-state index in [-0.39, 0.29) is 18.4 Å². The maximum atomic E-state index is 11.3. The Morgan fingerprint density at radius 3 is 2.73 bits per heavy atom. The SMILES string of the molecule is CC(CCC(=O)O)NC(=O)/C=C/C1CC1. The second kappa shape index (κ2) is 5.53. The molecule has 0 saturated heterocycles. The van der Waals surface area contributed by atoms with Gasteiger partial charge in [-0.2, -0.15) is 0 Å². The van der Waals surface area contributed by atoms with Crippen molar-refractivity contribution in [3.8, 4) is 0 Å². The van der Waals surface area contributed by atoms with Gasteiger partial charge < -0.3 is 10.4 Å². The molecule has 0 heterocycles. The normalized spacial score (nSPS) is 17.7. The monoisotopic (exact) mass is 211 g/mol. The van der Waals surface area contributed by atoms with Crippen molar-refractivity contribution in [3.05, 3.63) is 12.2 Å². The predicted molar refractivity (Wildman–Crippen MR) is 56.3 cm³/mol. The van der Waals surface area contributed by atoms with E-state index in [1.165, 1.54) is 12.8 Å². The molecule has 1 aliphatic carbocycles. The van der Waals surface area contributed by atoms with Crippen molar-refractivity contribution in [3.63, 3.8) is 0 Å². The zero-order chi connectivity index (χ0) is 11.3. The van der Waals surface area contributed by atoms with E-state index in [0.29, 0.717) is 12.3 Å². The van der Waals surface area contributed by atoms with E-state index in [1.54, 1.807) is 6.08 Å². The zero-order valence-electron chi connectivity index (χ0n) is 8.90. The number of nitrogens with one attached hydrogen (secondary N) is 1. The smallest absolute Gasteiger partial charge is 0.303 e. The Balaban J connectivity index is 2.15. The fourth-order valence-corrected chi connectivity index (χ4v) is 1.22. The van der Waals surface area contributed by atoms with Crippen molar-refractivity contribution >= 4 is 11.9 Å². The molecule has 0 aliphatic heterocycles. The van der Waals surface area contributed by atoms with E-state index in [0.717, 1.165) is 0 Å². The van der Waals surface area contributed by atoms with Crippen LogP contribution in [-0.4, -0.2) is 23.0 Å². The summed E-state index contributed by atoms with van der Waals surface area (Å²) in [5, 5.41) is 11.2. The number of amides is 1. The Labute approximate surface area is 89.4 Å². The summed E-state index contributed by atoms with van der Waals surface area (Å²) >= 11 is 0. The summed E-state index contributed by atoms with van der Waals surface area (Å²) in [6.45, 7) is 1.81. The number of hydrogen-bond acceptors (Lipinski definition) is 2. The van der Waals surface area contributed by atoms with Crippen LogP contribution in [0.3, 0.4) is 0 Å². The minimum atomic E-state index is -0.829. The van der Waals surface area contributed by atoms with Crippen molar-refractivity contribution in [1.82, 2.24) is 5.32 Å². The molecule has 0 bridgehead atoms. The van der Waals surface area contributed by atoms with Crippen LogP contribution in [0.15, 0.2) is 12.2 Å². The van der Waals surface area contributed by atoms with Gasteiger partial charge >= 0.3 is 5.97 Å². The highest BCUT2D eigenvalue weighted by molar-refractivity contribution is 5.87. The second-order valence-corrected chi connectivity index (χ2v) is 4.04. The van der Waals surface area contributed by atoms with Crippen LogP contribution in [0, 0.1) is 5.92 Å². The van der Waals surface area contributed by atoms with Crippen molar-refractivity contribution in [2.75, 3.05) is 0 Å². The highest BCUT2D eigenvalue weighted by Crippen LogP contribution is 2.29. The lowest BCUT2D eigenvalue weighted by molar-refractivity contribution is -0.137. The van der Waals surface area contributed by atoms with Crippen LogP contribution in [0.2, 0.25) is 0 Å². The molecule has 0 aromatic heterocycles. The maximum absolute atomic E-state index is 11.3. The lowest BCUT2D eigenvalue weighted by Gasteiger charge is -2.10. The summed E-state index contributed by atoms with van der Waals surface area (Å²) in [5.41, 5.74) is 0. The van der Waals surface area contributed by atoms with E-state index in [4.69, 9.17) is 5.11 Å². The van der Waals surface area contributed by atoms with Gasteiger partial charge in [0.1, 0.15) is 0 Å². The number of aliphatic carboxylic acids is 1. The van der Waals surface area contributed by atoms with E-state index >= 15 is 0 Å². The van der Waals surface area contributed by atoms with Crippen LogP contribution in [-0.2, 0) is 9.59 Å². The van der Waals surface area contributed by atoms with E-state index in [9.17, 15) is 9.59 Å². The molecule has 0 aromatic carbocycles. The molecule has 84 valence electrons. The Morgan fingerprint density at radius 2 is 2.20 bits per heavy atom. The number of rotatable bonds is 6. The lowest BCUT2D eigenvalue weighted by atomic mass is 10.2. The summed E-state index contributed by atoms with van der Waals surface area (Å²) in [5.74, 6) is -0.366. The molecule has 15 heavy (non-hydrogen) atoms. The molecule has 0 spiro atoms. The standard InChI is InChI=1S/C11H17NO3/c1-8(2-7-11(14)15)12-10(13)6-5-9-3-4-9/h5-6,8-9H,2-4,7H2,1H3,(H,12,13)(H,14,15)/b6-5+. The van der Waals surface area contributed by atoms with Gasteiger partial charge in [-0.1, -0.05) is 6.08 Å². The third-order valence-corrected chi connectivity index (χ3v) is 2.32. The Morgan fingerprint density at radius 1 is 1.53 bits per heavy atom. The highest BCUT2D eigenvalue weighted by atomic mass is 16.4. The van der Waals surface area contributed by atoms with Crippen LogP contribution in [0.25, 0.3) is 0 Å². The van der Waals surface area contributed by atoms with Gasteiger partial charge in [0.25, 0.3) is 0 Å². The quantitative estimate of drug-likeness (QED) is 0.651. The molecule has 1 aliphatic rings. The average Bonchev–Trinajstić information content (AvgIpc) is 2.95. The largest absolute Gasteiger partial charge is 0.481 e. The Hall–Kier alpha value is -1.32. The Kier molecular flexibility index (Phi) is 4.34. The number of allylic oxidation sites excluding steroid dienone is 1. The van der Waals surface area contributed by atoms with Crippen LogP contribution < -0.4 is 5.32 Å². The molecular formula is C11H17NO3. The first-order chi connectivity index (χ1) is 7.08. The first-order valence-electron chi connectivity index (χ1n) is 5.28. The van der Waals surface area contributed by atoms with Gasteiger partial charge in [0.15, 0.2) is 0 Å². The summed E-state index contributed by atoms with van der Waals surface area (Å²) in [7, 11) is 0. The first kappa shape index (κ1) is 11.8. The van der Waals surface area contributed by atoms with Crippen molar-refractivity contribution in [2.24, 2.45) is 5.92 Å². The molecule has 0 radical (unpaired) electrons. The van der Waals surface area contributed by atoms with Gasteiger partial charge in [-0.15, -0.1) is 0 Å². The maximum Gasteiger partial charge on any atom is 0.303 e. The molecule has 1 atom stereocenters. The number of carboxylic acid groups (broad SMARTS) is 1. The second-order valence-electron chi connectivity index (χ2n) is 4.04. The minimum absolute atomic E-state index is 0.0857. The summed E-state index contributed by atoms with van der Waals surface area (Å²) in [6.07, 6.45) is 6.39. The van der Waals surface area contributed by atoms with Crippen LogP contribution in [0.5, 0.6) is 0 Å². The van der Waals surface area contributed by atoms with Crippen LogP contribution in [0.1, 0.15) is 32.6 Å². The minimum Gasteiger partial charge on any atom is -0.481 e. The molecule has 4 heteroatoms. The molecular weight excluding hydrogens is 194 g/mol. The number of hydrogen-bond donors (Lipinski definition) is 2. The Bertz CT molecular complexity index is 269. The molecule has 1 saturated carbocycles. The number of carboxylic acids is 1. The summed E-state index contributed by atoms with van der Waals surface area (Å²) < 4.78 is 0. The molecule has 1 rings (SSSR count). The van der Waals surface area contributed by atoms with E-state index < -0.39 is 5.97 Å². The average molecular weight is 211 g/mol. The fourth-order valence-electron chi connectivity index (χ4n) is 1.22. The summed E-state index contributed by atoms with van der Waals surface area (Å²) in [4.78, 5) is 21.6. The molecule has 1 fully saturated rings. The number of carbonyl (C=O) groups is 2. The third-order valence-electron chi connectivity index (χ3n) is 2.32. The predicted octanol–water partition coefficient (Wildman–Crippen LogP) is 1.32. The molecule has 0 aromatic rings. The van der Waals surface area contributed by atoms with E-state index in [1.807, 2.05) is 13.0 Å².